The second-order valence-electron chi connectivity index (χ2n) is 6.14. The van der Waals surface area contributed by atoms with Crippen molar-refractivity contribution in [1.82, 2.24) is 5.32 Å². The predicted molar refractivity (Wildman–Crippen MR) is 79.0 cm³/mol. The second kappa shape index (κ2) is 6.23. The molecule has 0 amide bonds. The standard InChI is InChI=1S/C16H23ClFN/c1-12(14-7-6-13(18)10-15(14)17)19-11-16(2)8-4-3-5-9-16/h6-7,10,12,19H,3-5,8-9,11H2,1-2H3. The molecule has 1 aromatic rings. The van der Waals surface area contributed by atoms with Crippen molar-refractivity contribution in [1.29, 1.82) is 0 Å². The lowest BCUT2D eigenvalue weighted by atomic mass is 9.75. The van der Waals surface area contributed by atoms with Gasteiger partial charge in [-0.2, -0.15) is 0 Å². The van der Waals surface area contributed by atoms with Crippen LogP contribution in [0, 0.1) is 11.2 Å². The fourth-order valence-electron chi connectivity index (χ4n) is 2.94. The molecule has 3 heteroatoms. The van der Waals surface area contributed by atoms with Gasteiger partial charge in [0.2, 0.25) is 0 Å². The molecule has 0 aromatic heterocycles. The summed E-state index contributed by atoms with van der Waals surface area (Å²) in [5.74, 6) is -0.278. The Balaban J connectivity index is 1.95. The van der Waals surface area contributed by atoms with Crippen LogP contribution < -0.4 is 5.32 Å². The molecule has 1 aromatic carbocycles. The average molecular weight is 284 g/mol. The molecule has 1 N–H and O–H groups in total. The minimum Gasteiger partial charge on any atom is -0.310 e. The lowest BCUT2D eigenvalue weighted by molar-refractivity contribution is 0.202. The van der Waals surface area contributed by atoms with Crippen molar-refractivity contribution in [3.05, 3.63) is 34.6 Å². The topological polar surface area (TPSA) is 12.0 Å². The first-order valence-electron chi connectivity index (χ1n) is 7.18. The zero-order valence-electron chi connectivity index (χ0n) is 11.8. The van der Waals surface area contributed by atoms with E-state index in [-0.39, 0.29) is 11.9 Å². The first-order chi connectivity index (χ1) is 9.00. The summed E-state index contributed by atoms with van der Waals surface area (Å²) in [4.78, 5) is 0. The molecule has 0 spiro atoms. The Morgan fingerprint density at radius 3 is 2.63 bits per heavy atom. The highest BCUT2D eigenvalue weighted by atomic mass is 35.5. The monoisotopic (exact) mass is 283 g/mol. The van der Waals surface area contributed by atoms with Crippen LogP contribution in [0.4, 0.5) is 4.39 Å². The lowest BCUT2D eigenvalue weighted by Gasteiger charge is -2.35. The van der Waals surface area contributed by atoms with Gasteiger partial charge in [-0.25, -0.2) is 4.39 Å². The smallest absolute Gasteiger partial charge is 0.124 e. The summed E-state index contributed by atoms with van der Waals surface area (Å²) >= 11 is 6.10. The third-order valence-electron chi connectivity index (χ3n) is 4.32. The Bertz CT molecular complexity index is 427. The molecule has 0 radical (unpaired) electrons. The molecule has 106 valence electrons. The van der Waals surface area contributed by atoms with Crippen LogP contribution in [0.3, 0.4) is 0 Å². The summed E-state index contributed by atoms with van der Waals surface area (Å²) in [5, 5.41) is 4.07. The van der Waals surface area contributed by atoms with Crippen LogP contribution in [0.5, 0.6) is 0 Å². The number of hydrogen-bond acceptors (Lipinski definition) is 1. The van der Waals surface area contributed by atoms with Crippen molar-refractivity contribution >= 4 is 11.6 Å². The third-order valence-corrected chi connectivity index (χ3v) is 4.65. The molecule has 1 aliphatic rings. The third kappa shape index (κ3) is 3.93. The van der Waals surface area contributed by atoms with E-state index in [4.69, 9.17) is 11.6 Å². The van der Waals surface area contributed by atoms with Crippen LogP contribution in [-0.2, 0) is 0 Å². The zero-order chi connectivity index (χ0) is 13.9. The van der Waals surface area contributed by atoms with Gasteiger partial charge in [-0.1, -0.05) is 43.9 Å². The van der Waals surface area contributed by atoms with Crippen molar-refractivity contribution < 1.29 is 4.39 Å². The van der Waals surface area contributed by atoms with E-state index in [1.54, 1.807) is 6.07 Å². The molecule has 1 aliphatic carbocycles. The highest BCUT2D eigenvalue weighted by molar-refractivity contribution is 6.31. The maximum absolute atomic E-state index is 13.0. The van der Waals surface area contributed by atoms with Crippen LogP contribution in [-0.4, -0.2) is 6.54 Å². The average Bonchev–Trinajstić information content (AvgIpc) is 2.37. The Labute approximate surface area is 120 Å². The Morgan fingerprint density at radius 1 is 1.32 bits per heavy atom. The van der Waals surface area contributed by atoms with Crippen LogP contribution >= 0.6 is 11.6 Å². The van der Waals surface area contributed by atoms with Crippen molar-refractivity contribution in [2.45, 2.75) is 52.0 Å². The summed E-state index contributed by atoms with van der Waals surface area (Å²) in [6.45, 7) is 5.45. The SMILES string of the molecule is CC(NCC1(C)CCCCC1)c1ccc(F)cc1Cl. The van der Waals surface area contributed by atoms with E-state index in [2.05, 4.69) is 19.2 Å². The summed E-state index contributed by atoms with van der Waals surface area (Å²) in [6.07, 6.45) is 6.64. The van der Waals surface area contributed by atoms with Crippen molar-refractivity contribution in [2.24, 2.45) is 5.41 Å². The maximum atomic E-state index is 13.0. The molecule has 1 unspecified atom stereocenters. The molecule has 1 fully saturated rings. The van der Waals surface area contributed by atoms with Gasteiger partial charge in [0.15, 0.2) is 0 Å². The minimum atomic E-state index is -0.278. The van der Waals surface area contributed by atoms with Crippen LogP contribution in [0.25, 0.3) is 0 Å². The summed E-state index contributed by atoms with van der Waals surface area (Å²) in [5.41, 5.74) is 1.38. The van der Waals surface area contributed by atoms with E-state index in [0.717, 1.165) is 12.1 Å². The quantitative estimate of drug-likeness (QED) is 0.810. The first-order valence-corrected chi connectivity index (χ1v) is 7.56. The lowest BCUT2D eigenvalue weighted by Crippen LogP contribution is -2.35. The normalized spacial score (nSPS) is 20.2. The predicted octanol–water partition coefficient (Wildman–Crippen LogP) is 5.10. The number of rotatable bonds is 4. The van der Waals surface area contributed by atoms with Gasteiger partial charge in [0.1, 0.15) is 5.82 Å². The van der Waals surface area contributed by atoms with Gasteiger partial charge in [0, 0.05) is 17.6 Å². The fourth-order valence-corrected chi connectivity index (χ4v) is 3.28. The van der Waals surface area contributed by atoms with Crippen LogP contribution in [0.15, 0.2) is 18.2 Å². The molecular weight excluding hydrogens is 261 g/mol. The van der Waals surface area contributed by atoms with Gasteiger partial charge in [0.05, 0.1) is 0 Å². The van der Waals surface area contributed by atoms with Crippen molar-refractivity contribution in [3.63, 3.8) is 0 Å². The molecule has 0 bridgehead atoms. The van der Waals surface area contributed by atoms with E-state index in [1.165, 1.54) is 44.2 Å². The summed E-state index contributed by atoms with van der Waals surface area (Å²) in [7, 11) is 0. The maximum Gasteiger partial charge on any atom is 0.124 e. The van der Waals surface area contributed by atoms with Gasteiger partial charge >= 0.3 is 0 Å². The molecule has 0 heterocycles. The van der Waals surface area contributed by atoms with E-state index >= 15 is 0 Å². The minimum absolute atomic E-state index is 0.159. The molecule has 2 rings (SSSR count). The number of benzene rings is 1. The molecular formula is C16H23ClFN. The Kier molecular flexibility index (Phi) is 4.86. The number of hydrogen-bond donors (Lipinski definition) is 1. The van der Waals surface area contributed by atoms with Gasteiger partial charge in [0.25, 0.3) is 0 Å². The van der Waals surface area contributed by atoms with E-state index in [9.17, 15) is 4.39 Å². The highest BCUT2D eigenvalue weighted by Crippen LogP contribution is 2.35. The fraction of sp³-hybridized carbons (Fsp3) is 0.625. The number of nitrogens with one attached hydrogen (secondary N) is 1. The van der Waals surface area contributed by atoms with E-state index in [0.29, 0.717) is 10.4 Å². The van der Waals surface area contributed by atoms with Gasteiger partial charge in [-0.05, 0) is 42.9 Å². The Morgan fingerprint density at radius 2 is 2.00 bits per heavy atom. The zero-order valence-corrected chi connectivity index (χ0v) is 12.6. The van der Waals surface area contributed by atoms with Crippen molar-refractivity contribution in [3.8, 4) is 0 Å². The van der Waals surface area contributed by atoms with Crippen molar-refractivity contribution in [2.75, 3.05) is 6.54 Å². The summed E-state index contributed by atoms with van der Waals surface area (Å²) in [6, 6.07) is 4.80. The van der Waals surface area contributed by atoms with E-state index < -0.39 is 0 Å². The van der Waals surface area contributed by atoms with Gasteiger partial charge < -0.3 is 5.32 Å². The highest BCUT2D eigenvalue weighted by Gasteiger charge is 2.27. The largest absolute Gasteiger partial charge is 0.310 e. The van der Waals surface area contributed by atoms with E-state index in [1.807, 2.05) is 0 Å². The number of halogens is 2. The van der Waals surface area contributed by atoms with Gasteiger partial charge in [-0.15, -0.1) is 0 Å². The molecule has 19 heavy (non-hydrogen) atoms. The Hall–Kier alpha value is -0.600. The molecule has 1 atom stereocenters. The van der Waals surface area contributed by atoms with Gasteiger partial charge in [-0.3, -0.25) is 0 Å². The van der Waals surface area contributed by atoms with Crippen LogP contribution in [0.1, 0.15) is 57.6 Å². The second-order valence-corrected chi connectivity index (χ2v) is 6.55. The molecule has 1 nitrogen and oxygen atoms in total. The molecule has 1 saturated carbocycles. The first kappa shape index (κ1) is 14.8. The van der Waals surface area contributed by atoms with Crippen LogP contribution in [0.2, 0.25) is 5.02 Å². The summed E-state index contributed by atoms with van der Waals surface area (Å²) < 4.78 is 13.0. The molecule has 0 aliphatic heterocycles. The molecule has 0 saturated heterocycles.